The van der Waals surface area contributed by atoms with Crippen molar-refractivity contribution in [2.24, 2.45) is 0 Å². The molecule has 2 aromatic heterocycles. The van der Waals surface area contributed by atoms with E-state index in [0.717, 1.165) is 17.5 Å². The van der Waals surface area contributed by atoms with Crippen LogP contribution in [0.5, 0.6) is 0 Å². The Morgan fingerprint density at radius 2 is 1.85 bits per heavy atom. The summed E-state index contributed by atoms with van der Waals surface area (Å²) in [7, 11) is 1.51. The van der Waals surface area contributed by atoms with Crippen LogP contribution in [0, 0.1) is 0 Å². The Balaban J connectivity index is 1.60. The van der Waals surface area contributed by atoms with Gasteiger partial charge >= 0.3 is 12.2 Å². The second-order valence-electron chi connectivity index (χ2n) is 8.14. The number of amides is 2. The molecule has 2 atom stereocenters. The quantitative estimate of drug-likeness (QED) is 0.620. The van der Waals surface area contributed by atoms with Gasteiger partial charge in [0.15, 0.2) is 11.5 Å². The number of ether oxygens (including phenoxy) is 1. The Kier molecular flexibility index (Phi) is 5.31. The van der Waals surface area contributed by atoms with Crippen molar-refractivity contribution in [1.29, 1.82) is 0 Å². The molecule has 0 aliphatic carbocycles. The molecule has 3 aromatic rings. The Hall–Kier alpha value is -3.41. The zero-order chi connectivity index (χ0) is 23.2. The molecule has 33 heavy (non-hydrogen) atoms. The van der Waals surface area contributed by atoms with Crippen LogP contribution < -0.4 is 15.5 Å². The summed E-state index contributed by atoms with van der Waals surface area (Å²) in [6.07, 6.45) is -1.16. The van der Waals surface area contributed by atoms with Gasteiger partial charge in [-0.25, -0.2) is 19.4 Å². The van der Waals surface area contributed by atoms with Gasteiger partial charge in [-0.15, -0.1) is 0 Å². The highest BCUT2D eigenvalue weighted by Gasteiger charge is 2.40. The number of hydrogen-bond acceptors (Lipinski definition) is 6. The Morgan fingerprint density at radius 3 is 2.48 bits per heavy atom. The Morgan fingerprint density at radius 1 is 1.15 bits per heavy atom. The summed E-state index contributed by atoms with van der Waals surface area (Å²) < 4.78 is 46.0. The lowest BCUT2D eigenvalue weighted by atomic mass is 10.1. The van der Waals surface area contributed by atoms with Crippen LogP contribution in [-0.2, 0) is 11.3 Å². The number of alkyl halides is 3. The minimum Gasteiger partial charge on any atom is -0.377 e. The van der Waals surface area contributed by atoms with Gasteiger partial charge in [0.2, 0.25) is 0 Å². The number of anilines is 2. The lowest BCUT2D eigenvalue weighted by molar-refractivity contribution is -0.141. The largest absolute Gasteiger partial charge is 0.408 e. The molecule has 174 valence electrons. The number of rotatable bonds is 4. The molecule has 0 radical (unpaired) electrons. The van der Waals surface area contributed by atoms with Gasteiger partial charge < -0.3 is 20.3 Å². The van der Waals surface area contributed by atoms with Gasteiger partial charge in [-0.2, -0.15) is 18.3 Å². The Bertz CT molecular complexity index is 1160. The summed E-state index contributed by atoms with van der Waals surface area (Å²) in [6, 6.07) is 6.66. The number of morpholine rings is 1. The lowest BCUT2D eigenvalue weighted by Gasteiger charge is -2.36. The maximum Gasteiger partial charge on any atom is 0.408 e. The van der Waals surface area contributed by atoms with Crippen molar-refractivity contribution in [1.82, 2.24) is 25.1 Å². The molecule has 1 aromatic carbocycles. The summed E-state index contributed by atoms with van der Waals surface area (Å²) in [5.74, 6) is 0.866. The summed E-state index contributed by atoms with van der Waals surface area (Å²) in [4.78, 5) is 22.9. The molecule has 0 unspecified atom stereocenters. The van der Waals surface area contributed by atoms with E-state index in [1.807, 2.05) is 0 Å². The smallest absolute Gasteiger partial charge is 0.377 e. The van der Waals surface area contributed by atoms with Crippen LogP contribution in [0.25, 0.3) is 22.4 Å². The second kappa shape index (κ2) is 8.18. The SMILES string of the molecule is CNC(=O)Nc1ccc(-c2nc(N3[C@@H]4CC[C@H]3COC4)c3cnn(CC(F)(F)F)c3n2)cc1. The molecule has 2 saturated heterocycles. The van der Waals surface area contributed by atoms with Gasteiger partial charge in [0.25, 0.3) is 0 Å². The van der Waals surface area contributed by atoms with Crippen LogP contribution in [0.15, 0.2) is 30.5 Å². The van der Waals surface area contributed by atoms with Crippen LogP contribution in [0.2, 0.25) is 0 Å². The normalized spacial score (nSPS) is 20.3. The van der Waals surface area contributed by atoms with Gasteiger partial charge in [-0.3, -0.25) is 0 Å². The molecular formula is C21H22F3N7O2. The third-order valence-electron chi connectivity index (χ3n) is 5.92. The standard InChI is InChI=1S/C21H22F3N7O2/c1-25-20(32)27-13-4-2-12(3-5-13)17-28-18-16(8-26-30(18)11-21(22,23)24)19(29-17)31-14-6-7-15(31)10-33-9-14/h2-5,8,14-15H,6-7,9-11H2,1H3,(H2,25,27,32)/t14-,15+. The first kappa shape index (κ1) is 21.4. The van der Waals surface area contributed by atoms with E-state index in [4.69, 9.17) is 9.72 Å². The summed E-state index contributed by atoms with van der Waals surface area (Å²) >= 11 is 0. The van der Waals surface area contributed by atoms with Crippen molar-refractivity contribution in [2.75, 3.05) is 30.5 Å². The topological polar surface area (TPSA) is 97.2 Å². The van der Waals surface area contributed by atoms with Gasteiger partial charge in [-0.05, 0) is 37.1 Å². The van der Waals surface area contributed by atoms with Gasteiger partial charge in [0.1, 0.15) is 12.4 Å². The third kappa shape index (κ3) is 4.17. The number of carbonyl (C=O) groups is 1. The molecule has 2 amide bonds. The number of nitrogens with one attached hydrogen (secondary N) is 2. The number of urea groups is 1. The monoisotopic (exact) mass is 461 g/mol. The minimum atomic E-state index is -4.44. The highest BCUT2D eigenvalue weighted by atomic mass is 19.4. The van der Waals surface area contributed by atoms with Crippen LogP contribution in [0.3, 0.4) is 0 Å². The summed E-state index contributed by atoms with van der Waals surface area (Å²) in [6.45, 7) is -0.140. The van der Waals surface area contributed by atoms with E-state index in [0.29, 0.717) is 41.5 Å². The number of hydrogen-bond donors (Lipinski definition) is 2. The zero-order valence-corrected chi connectivity index (χ0v) is 17.8. The average Bonchev–Trinajstić information content (AvgIpc) is 3.29. The van der Waals surface area contributed by atoms with Gasteiger partial charge in [-0.1, -0.05) is 0 Å². The van der Waals surface area contributed by atoms with Crippen molar-refractivity contribution in [3.05, 3.63) is 30.5 Å². The lowest BCUT2D eigenvalue weighted by Crippen LogP contribution is -2.46. The van der Waals surface area contributed by atoms with E-state index in [1.54, 1.807) is 24.3 Å². The molecule has 2 N–H and O–H groups in total. The maximum atomic E-state index is 13.2. The first-order chi connectivity index (χ1) is 15.8. The van der Waals surface area contributed by atoms with E-state index in [-0.39, 0.29) is 23.8 Å². The summed E-state index contributed by atoms with van der Waals surface area (Å²) in [5, 5.41) is 9.59. The maximum absolute atomic E-state index is 13.2. The van der Waals surface area contributed by atoms with Crippen LogP contribution in [0.4, 0.5) is 29.5 Å². The fourth-order valence-electron chi connectivity index (χ4n) is 4.42. The molecule has 0 spiro atoms. The van der Waals surface area contributed by atoms with E-state index >= 15 is 0 Å². The van der Waals surface area contributed by atoms with Crippen molar-refractivity contribution in [3.8, 4) is 11.4 Å². The molecule has 12 heteroatoms. The molecule has 9 nitrogen and oxygen atoms in total. The highest BCUT2D eigenvalue weighted by molar-refractivity contribution is 5.90. The molecular weight excluding hydrogens is 439 g/mol. The first-order valence-corrected chi connectivity index (χ1v) is 10.6. The first-order valence-electron chi connectivity index (χ1n) is 10.6. The second-order valence-corrected chi connectivity index (χ2v) is 8.14. The number of benzene rings is 1. The molecule has 2 aliphatic rings. The van der Waals surface area contributed by atoms with Crippen molar-refractivity contribution in [2.45, 2.75) is 37.6 Å². The van der Waals surface area contributed by atoms with Crippen molar-refractivity contribution < 1.29 is 22.7 Å². The fourth-order valence-corrected chi connectivity index (χ4v) is 4.42. The Labute approximate surface area is 186 Å². The van der Waals surface area contributed by atoms with E-state index in [9.17, 15) is 18.0 Å². The molecule has 4 heterocycles. The molecule has 2 aliphatic heterocycles. The van der Waals surface area contributed by atoms with Crippen LogP contribution >= 0.6 is 0 Å². The number of fused-ring (bicyclic) bond motifs is 3. The number of halogens is 3. The fraction of sp³-hybridized carbons (Fsp3) is 0.429. The predicted molar refractivity (Wildman–Crippen MR) is 115 cm³/mol. The van der Waals surface area contributed by atoms with E-state index in [1.165, 1.54) is 13.2 Å². The zero-order valence-electron chi connectivity index (χ0n) is 17.8. The third-order valence-corrected chi connectivity index (χ3v) is 5.92. The van der Waals surface area contributed by atoms with Crippen LogP contribution in [-0.4, -0.2) is 64.3 Å². The van der Waals surface area contributed by atoms with Crippen molar-refractivity contribution in [3.63, 3.8) is 0 Å². The average molecular weight is 461 g/mol. The summed E-state index contributed by atoms with van der Waals surface area (Å²) in [5.41, 5.74) is 1.31. The van der Waals surface area contributed by atoms with E-state index < -0.39 is 12.7 Å². The van der Waals surface area contributed by atoms with Gasteiger partial charge in [0, 0.05) is 18.3 Å². The van der Waals surface area contributed by atoms with E-state index in [2.05, 4.69) is 25.6 Å². The molecule has 0 saturated carbocycles. The van der Waals surface area contributed by atoms with Crippen molar-refractivity contribution >= 4 is 28.6 Å². The number of carbonyl (C=O) groups excluding carboxylic acids is 1. The van der Waals surface area contributed by atoms with Crippen LogP contribution in [0.1, 0.15) is 12.8 Å². The highest BCUT2D eigenvalue weighted by Crippen LogP contribution is 2.38. The predicted octanol–water partition coefficient (Wildman–Crippen LogP) is 3.17. The minimum absolute atomic E-state index is 0.111. The molecule has 2 bridgehead atoms. The number of aromatic nitrogens is 4. The number of nitrogens with zero attached hydrogens (tertiary/aromatic N) is 5. The molecule has 2 fully saturated rings. The molecule has 5 rings (SSSR count). The van der Waals surface area contributed by atoms with Gasteiger partial charge in [0.05, 0.1) is 36.9 Å².